The lowest BCUT2D eigenvalue weighted by Crippen LogP contribution is -2.34. The summed E-state index contributed by atoms with van der Waals surface area (Å²) >= 11 is 0. The van der Waals surface area contributed by atoms with E-state index in [1.165, 1.54) is 0 Å². The topological polar surface area (TPSA) is 56.0 Å². The molecule has 6 nitrogen and oxygen atoms in total. The SMILES string of the molecule is Cc1nn(C)c(C)c1CN(C(=O)c1cncn1C)C1CC1. The highest BCUT2D eigenvalue weighted by molar-refractivity contribution is 5.92. The summed E-state index contributed by atoms with van der Waals surface area (Å²) in [6, 6.07) is 0.353. The number of carbonyl (C=O) groups is 1. The van der Waals surface area contributed by atoms with E-state index in [4.69, 9.17) is 0 Å². The minimum atomic E-state index is 0.0557. The van der Waals surface area contributed by atoms with Gasteiger partial charge in [-0.2, -0.15) is 5.10 Å². The molecule has 1 amide bonds. The van der Waals surface area contributed by atoms with Crippen LogP contribution in [0.3, 0.4) is 0 Å². The Hall–Kier alpha value is -2.11. The van der Waals surface area contributed by atoms with Gasteiger partial charge in [-0.25, -0.2) is 4.98 Å². The van der Waals surface area contributed by atoms with Crippen molar-refractivity contribution >= 4 is 5.91 Å². The van der Waals surface area contributed by atoms with Gasteiger partial charge in [0.05, 0.1) is 18.2 Å². The van der Waals surface area contributed by atoms with Gasteiger partial charge < -0.3 is 9.47 Å². The molecule has 0 aromatic carbocycles. The Kier molecular flexibility index (Phi) is 3.31. The molecule has 0 aliphatic heterocycles. The normalized spacial score (nSPS) is 14.5. The van der Waals surface area contributed by atoms with Gasteiger partial charge in [0.2, 0.25) is 0 Å². The van der Waals surface area contributed by atoms with E-state index in [1.807, 2.05) is 30.6 Å². The molecule has 0 bridgehead atoms. The number of nitrogens with zero attached hydrogens (tertiary/aromatic N) is 5. The zero-order valence-electron chi connectivity index (χ0n) is 13.0. The Balaban J connectivity index is 1.89. The van der Waals surface area contributed by atoms with Gasteiger partial charge in [-0.15, -0.1) is 0 Å². The van der Waals surface area contributed by atoms with Crippen LogP contribution in [0.25, 0.3) is 0 Å². The van der Waals surface area contributed by atoms with Gasteiger partial charge in [-0.3, -0.25) is 9.48 Å². The summed E-state index contributed by atoms with van der Waals surface area (Å²) in [6.45, 7) is 4.68. The number of rotatable bonds is 4. The molecule has 2 heterocycles. The summed E-state index contributed by atoms with van der Waals surface area (Å²) in [5, 5.41) is 4.44. The van der Waals surface area contributed by atoms with Gasteiger partial charge in [-0.05, 0) is 26.7 Å². The molecule has 0 spiro atoms. The average Bonchev–Trinajstić information content (AvgIpc) is 3.14. The highest BCUT2D eigenvalue weighted by Crippen LogP contribution is 2.30. The van der Waals surface area contributed by atoms with Crippen molar-refractivity contribution in [3.05, 3.63) is 35.2 Å². The third-order valence-electron chi connectivity index (χ3n) is 4.27. The molecule has 1 aliphatic carbocycles. The molecular weight excluding hydrogens is 266 g/mol. The summed E-state index contributed by atoms with van der Waals surface area (Å²) < 4.78 is 3.66. The molecule has 2 aromatic rings. The van der Waals surface area contributed by atoms with Crippen LogP contribution in [0.15, 0.2) is 12.5 Å². The van der Waals surface area contributed by atoms with Gasteiger partial charge >= 0.3 is 0 Å². The maximum Gasteiger partial charge on any atom is 0.272 e. The molecule has 1 fully saturated rings. The second-order valence-corrected chi connectivity index (χ2v) is 5.83. The fourth-order valence-electron chi connectivity index (χ4n) is 2.68. The van der Waals surface area contributed by atoms with E-state index in [-0.39, 0.29) is 5.91 Å². The van der Waals surface area contributed by atoms with Crippen LogP contribution in [0.5, 0.6) is 0 Å². The van der Waals surface area contributed by atoms with Crippen molar-refractivity contribution < 1.29 is 4.79 Å². The molecular formula is C15H21N5O. The van der Waals surface area contributed by atoms with Crippen LogP contribution in [0.4, 0.5) is 0 Å². The maximum atomic E-state index is 12.8. The summed E-state index contributed by atoms with van der Waals surface area (Å²) in [6.07, 6.45) is 5.48. The first-order valence-electron chi connectivity index (χ1n) is 7.25. The Labute approximate surface area is 124 Å². The van der Waals surface area contributed by atoms with Crippen LogP contribution < -0.4 is 0 Å². The number of hydrogen-bond donors (Lipinski definition) is 0. The average molecular weight is 287 g/mol. The molecule has 6 heteroatoms. The van der Waals surface area contributed by atoms with Gasteiger partial charge in [0.25, 0.3) is 5.91 Å². The van der Waals surface area contributed by atoms with Crippen molar-refractivity contribution in [1.29, 1.82) is 0 Å². The number of aromatic nitrogens is 4. The number of aryl methyl sites for hydroxylation is 3. The van der Waals surface area contributed by atoms with Crippen LogP contribution >= 0.6 is 0 Å². The molecule has 0 saturated heterocycles. The Morgan fingerprint density at radius 3 is 2.57 bits per heavy atom. The molecule has 0 unspecified atom stereocenters. The number of hydrogen-bond acceptors (Lipinski definition) is 3. The predicted octanol–water partition coefficient (Wildman–Crippen LogP) is 1.58. The van der Waals surface area contributed by atoms with Crippen LogP contribution in [-0.4, -0.2) is 36.2 Å². The minimum absolute atomic E-state index is 0.0557. The van der Waals surface area contributed by atoms with Crippen LogP contribution in [-0.2, 0) is 20.6 Å². The highest BCUT2D eigenvalue weighted by Gasteiger charge is 2.35. The summed E-state index contributed by atoms with van der Waals surface area (Å²) in [5.41, 5.74) is 3.91. The standard InChI is InChI=1S/C15H21N5O/c1-10-13(11(2)19(4)17-10)8-20(12-5-6-12)15(21)14-7-16-9-18(14)3/h7,9,12H,5-6,8H2,1-4H3. The van der Waals surface area contributed by atoms with E-state index in [0.29, 0.717) is 18.3 Å². The monoisotopic (exact) mass is 287 g/mol. The van der Waals surface area contributed by atoms with Crippen LogP contribution in [0.2, 0.25) is 0 Å². The van der Waals surface area contributed by atoms with E-state index in [0.717, 1.165) is 29.8 Å². The highest BCUT2D eigenvalue weighted by atomic mass is 16.2. The number of carbonyl (C=O) groups excluding carboxylic acids is 1. The molecule has 3 rings (SSSR count). The zero-order valence-corrected chi connectivity index (χ0v) is 13.0. The number of amides is 1. The van der Waals surface area contributed by atoms with E-state index in [2.05, 4.69) is 17.0 Å². The molecule has 0 N–H and O–H groups in total. The summed E-state index contributed by atoms with van der Waals surface area (Å²) in [5.74, 6) is 0.0557. The van der Waals surface area contributed by atoms with E-state index in [9.17, 15) is 4.79 Å². The molecule has 21 heavy (non-hydrogen) atoms. The van der Waals surface area contributed by atoms with Crippen LogP contribution in [0, 0.1) is 13.8 Å². The lowest BCUT2D eigenvalue weighted by Gasteiger charge is -2.22. The third kappa shape index (κ3) is 2.46. The third-order valence-corrected chi connectivity index (χ3v) is 4.27. The van der Waals surface area contributed by atoms with E-state index >= 15 is 0 Å². The molecule has 2 aromatic heterocycles. The molecule has 1 aliphatic rings. The first-order chi connectivity index (χ1) is 9.99. The van der Waals surface area contributed by atoms with Gasteiger partial charge in [0.1, 0.15) is 5.69 Å². The van der Waals surface area contributed by atoms with Crippen molar-refractivity contribution in [1.82, 2.24) is 24.2 Å². The smallest absolute Gasteiger partial charge is 0.272 e. The zero-order chi connectivity index (χ0) is 15.1. The van der Waals surface area contributed by atoms with Crippen molar-refractivity contribution in [3.8, 4) is 0 Å². The van der Waals surface area contributed by atoms with Crippen molar-refractivity contribution in [2.45, 2.75) is 39.3 Å². The quantitative estimate of drug-likeness (QED) is 0.858. The van der Waals surface area contributed by atoms with Gasteiger partial charge in [-0.1, -0.05) is 0 Å². The second kappa shape index (κ2) is 5.02. The number of imidazole rings is 1. The first kappa shape index (κ1) is 13.9. The fraction of sp³-hybridized carbons (Fsp3) is 0.533. The van der Waals surface area contributed by atoms with Gasteiger partial charge in [0.15, 0.2) is 0 Å². The fourth-order valence-corrected chi connectivity index (χ4v) is 2.68. The molecule has 0 radical (unpaired) electrons. The largest absolute Gasteiger partial charge is 0.330 e. The summed E-state index contributed by atoms with van der Waals surface area (Å²) in [7, 11) is 3.79. The van der Waals surface area contributed by atoms with Crippen molar-refractivity contribution in [2.75, 3.05) is 0 Å². The maximum absolute atomic E-state index is 12.8. The van der Waals surface area contributed by atoms with Crippen LogP contribution in [0.1, 0.15) is 40.3 Å². The lowest BCUT2D eigenvalue weighted by molar-refractivity contribution is 0.0719. The van der Waals surface area contributed by atoms with Crippen molar-refractivity contribution in [3.63, 3.8) is 0 Å². The minimum Gasteiger partial charge on any atom is -0.330 e. The Bertz CT molecular complexity index is 680. The van der Waals surface area contributed by atoms with Crippen molar-refractivity contribution in [2.24, 2.45) is 14.1 Å². The van der Waals surface area contributed by atoms with E-state index < -0.39 is 0 Å². The first-order valence-corrected chi connectivity index (χ1v) is 7.25. The predicted molar refractivity (Wildman–Crippen MR) is 78.8 cm³/mol. The molecule has 112 valence electrons. The Morgan fingerprint density at radius 2 is 2.10 bits per heavy atom. The summed E-state index contributed by atoms with van der Waals surface area (Å²) in [4.78, 5) is 18.8. The van der Waals surface area contributed by atoms with Gasteiger partial charge in [0, 0.05) is 37.9 Å². The lowest BCUT2D eigenvalue weighted by atomic mass is 10.1. The molecule has 1 saturated carbocycles. The van der Waals surface area contributed by atoms with E-state index in [1.54, 1.807) is 17.1 Å². The molecule has 0 atom stereocenters. The Morgan fingerprint density at radius 1 is 1.38 bits per heavy atom. The second-order valence-electron chi connectivity index (χ2n) is 5.83.